The standard InChI is InChI=1S/C27H30N4O3.Er/c32-25-10-4-1-7-22(25)19-28-13-16-31(17-14-29-20-23-8-2-5-11-26(23)33)18-15-30-21-24-9-3-6-12-27(24)34;/h1-12,19-21,32-34H,13-18H2;. The molecule has 0 amide bonds. The first-order valence-corrected chi connectivity index (χ1v) is 11.2. The second-order valence-corrected chi connectivity index (χ2v) is 7.62. The summed E-state index contributed by atoms with van der Waals surface area (Å²) in [7, 11) is 0. The Hall–Kier alpha value is -2.72. The maximum atomic E-state index is 9.86. The van der Waals surface area contributed by atoms with Crippen molar-refractivity contribution in [2.24, 2.45) is 15.0 Å². The first-order valence-electron chi connectivity index (χ1n) is 11.2. The first-order chi connectivity index (χ1) is 16.6. The molecule has 0 spiro atoms. The normalized spacial score (nSPS) is 11.6. The maximum Gasteiger partial charge on any atom is 0.124 e. The van der Waals surface area contributed by atoms with Gasteiger partial charge in [0.25, 0.3) is 0 Å². The molecule has 0 radical (unpaired) electrons. The number of benzene rings is 3. The topological polar surface area (TPSA) is 101 Å². The number of phenols is 3. The summed E-state index contributed by atoms with van der Waals surface area (Å²) >= 11 is 0. The molecule has 3 aromatic rings. The van der Waals surface area contributed by atoms with E-state index >= 15 is 0 Å². The second kappa shape index (κ2) is 16.0. The van der Waals surface area contributed by atoms with E-state index in [1.807, 2.05) is 36.4 Å². The third-order valence-corrected chi connectivity index (χ3v) is 5.14. The Bertz CT molecular complexity index is 993. The molecule has 3 rings (SSSR count). The number of hydrogen-bond acceptors (Lipinski definition) is 7. The van der Waals surface area contributed by atoms with Gasteiger partial charge < -0.3 is 15.3 Å². The molecule has 35 heavy (non-hydrogen) atoms. The van der Waals surface area contributed by atoms with Crippen LogP contribution in [-0.2, 0) is 0 Å². The van der Waals surface area contributed by atoms with E-state index in [-0.39, 0.29) is 54.6 Å². The number of phenolic OH excluding ortho intramolecular Hbond substituents is 3. The Morgan fingerprint density at radius 2 is 0.800 bits per heavy atom. The van der Waals surface area contributed by atoms with Crippen LogP contribution in [0.15, 0.2) is 87.8 Å². The summed E-state index contributed by atoms with van der Waals surface area (Å²) in [4.78, 5) is 15.6. The predicted octanol–water partition coefficient (Wildman–Crippen LogP) is 3.76. The zero-order valence-electron chi connectivity index (χ0n) is 19.3. The SMILES string of the molecule is Oc1ccccc1C=NCCN(CCN=Cc1ccccc1O)CCN=Cc1ccccc1O.[Er]. The van der Waals surface area contributed by atoms with Crippen molar-refractivity contribution in [3.05, 3.63) is 89.5 Å². The average molecular weight is 626 g/mol. The molecule has 0 unspecified atom stereocenters. The second-order valence-electron chi connectivity index (χ2n) is 7.62. The van der Waals surface area contributed by atoms with Crippen LogP contribution in [0.1, 0.15) is 16.7 Å². The molecule has 0 aliphatic carbocycles. The van der Waals surface area contributed by atoms with E-state index < -0.39 is 0 Å². The molecule has 3 N–H and O–H groups in total. The Kier molecular flexibility index (Phi) is 13.1. The molecule has 0 aromatic heterocycles. The van der Waals surface area contributed by atoms with Crippen molar-refractivity contribution >= 4 is 18.6 Å². The minimum atomic E-state index is 0. The molecular weight excluding hydrogens is 596 g/mol. The predicted molar refractivity (Wildman–Crippen MR) is 138 cm³/mol. The van der Waals surface area contributed by atoms with Crippen LogP contribution in [0.2, 0.25) is 0 Å². The number of nitrogens with zero attached hydrogens (tertiary/aromatic N) is 4. The molecule has 0 fully saturated rings. The van der Waals surface area contributed by atoms with Crippen molar-refractivity contribution in [3.63, 3.8) is 0 Å². The summed E-state index contributed by atoms with van der Waals surface area (Å²) in [6, 6.07) is 21.3. The van der Waals surface area contributed by atoms with E-state index in [4.69, 9.17) is 0 Å². The fraction of sp³-hybridized carbons (Fsp3) is 0.222. The molecule has 0 aliphatic heterocycles. The Labute approximate surface area is 235 Å². The van der Waals surface area contributed by atoms with E-state index in [1.54, 1.807) is 55.0 Å². The van der Waals surface area contributed by atoms with Crippen LogP contribution in [0, 0.1) is 37.3 Å². The van der Waals surface area contributed by atoms with Gasteiger partial charge >= 0.3 is 0 Å². The molecule has 0 atom stereocenters. The molecule has 0 bridgehead atoms. The number of rotatable bonds is 12. The van der Waals surface area contributed by atoms with Gasteiger partial charge in [-0.3, -0.25) is 19.9 Å². The van der Waals surface area contributed by atoms with Crippen molar-refractivity contribution in [3.8, 4) is 17.2 Å². The molecule has 8 heteroatoms. The number of aromatic hydroxyl groups is 3. The van der Waals surface area contributed by atoms with E-state index in [0.29, 0.717) is 56.0 Å². The minimum Gasteiger partial charge on any atom is -0.507 e. The molecule has 7 nitrogen and oxygen atoms in total. The number of para-hydroxylation sites is 3. The van der Waals surface area contributed by atoms with Crippen LogP contribution in [-0.4, -0.2) is 78.1 Å². The molecule has 0 aliphatic rings. The van der Waals surface area contributed by atoms with Gasteiger partial charge in [-0.15, -0.1) is 0 Å². The number of hydrogen-bond donors (Lipinski definition) is 3. The molecular formula is C27H30ErN4O3. The Morgan fingerprint density at radius 1 is 0.514 bits per heavy atom. The van der Waals surface area contributed by atoms with Gasteiger partial charge in [-0.2, -0.15) is 0 Å². The van der Waals surface area contributed by atoms with Gasteiger partial charge in [0.05, 0.1) is 19.6 Å². The van der Waals surface area contributed by atoms with Crippen LogP contribution < -0.4 is 0 Å². The molecule has 0 saturated heterocycles. The minimum absolute atomic E-state index is 0. The van der Waals surface area contributed by atoms with Crippen LogP contribution in [0.25, 0.3) is 0 Å². The van der Waals surface area contributed by atoms with E-state index in [1.165, 1.54) is 0 Å². The Morgan fingerprint density at radius 3 is 1.09 bits per heavy atom. The summed E-state index contributed by atoms with van der Waals surface area (Å²) in [6.07, 6.45) is 5.04. The molecule has 0 saturated carbocycles. The monoisotopic (exact) mass is 624 g/mol. The van der Waals surface area contributed by atoms with Crippen molar-refractivity contribution in [2.45, 2.75) is 0 Å². The van der Waals surface area contributed by atoms with Crippen LogP contribution in [0.5, 0.6) is 17.2 Å². The van der Waals surface area contributed by atoms with Crippen molar-refractivity contribution in [1.82, 2.24) is 4.90 Å². The molecule has 188 valence electrons. The van der Waals surface area contributed by atoms with Crippen LogP contribution in [0.4, 0.5) is 0 Å². The third-order valence-electron chi connectivity index (χ3n) is 5.14. The quantitative estimate of drug-likeness (QED) is 0.267. The molecule has 0 heterocycles. The van der Waals surface area contributed by atoms with Gasteiger partial charge in [-0.05, 0) is 36.4 Å². The largest absolute Gasteiger partial charge is 0.507 e. The van der Waals surface area contributed by atoms with Gasteiger partial charge in [0.2, 0.25) is 0 Å². The van der Waals surface area contributed by atoms with Crippen molar-refractivity contribution < 1.29 is 52.6 Å². The third kappa shape index (κ3) is 10.2. The smallest absolute Gasteiger partial charge is 0.124 e. The van der Waals surface area contributed by atoms with Gasteiger partial charge in [-0.25, -0.2) is 0 Å². The summed E-state index contributed by atoms with van der Waals surface area (Å²) in [5, 5.41) is 29.6. The summed E-state index contributed by atoms with van der Waals surface area (Å²) in [5.41, 5.74) is 2.07. The van der Waals surface area contributed by atoms with Crippen molar-refractivity contribution in [1.29, 1.82) is 0 Å². The van der Waals surface area contributed by atoms with E-state index in [2.05, 4.69) is 19.9 Å². The number of aliphatic imine (C=N–C) groups is 3. The van der Waals surface area contributed by atoms with E-state index in [9.17, 15) is 15.3 Å². The summed E-state index contributed by atoms with van der Waals surface area (Å²) in [5.74, 6) is 0.625. The summed E-state index contributed by atoms with van der Waals surface area (Å²) in [6.45, 7) is 3.84. The Balaban J connectivity index is 0.00000432. The van der Waals surface area contributed by atoms with Gasteiger partial charge in [0.15, 0.2) is 0 Å². The van der Waals surface area contributed by atoms with E-state index in [0.717, 1.165) is 0 Å². The summed E-state index contributed by atoms with van der Waals surface area (Å²) < 4.78 is 0. The van der Waals surface area contributed by atoms with Crippen LogP contribution in [0.3, 0.4) is 0 Å². The van der Waals surface area contributed by atoms with Gasteiger partial charge in [0, 0.05) is 92.3 Å². The fourth-order valence-electron chi connectivity index (χ4n) is 3.21. The zero-order valence-corrected chi connectivity index (χ0v) is 21.2. The van der Waals surface area contributed by atoms with Gasteiger partial charge in [-0.1, -0.05) is 36.4 Å². The maximum absolute atomic E-state index is 9.86. The zero-order chi connectivity index (χ0) is 24.0. The fourth-order valence-corrected chi connectivity index (χ4v) is 3.21. The molecule has 3 aromatic carbocycles. The van der Waals surface area contributed by atoms with Crippen LogP contribution >= 0.6 is 0 Å². The average Bonchev–Trinajstić information content (AvgIpc) is 2.84. The van der Waals surface area contributed by atoms with Crippen molar-refractivity contribution in [2.75, 3.05) is 39.3 Å². The van der Waals surface area contributed by atoms with Gasteiger partial charge in [0.1, 0.15) is 17.2 Å². The first kappa shape index (κ1) is 28.5.